The Morgan fingerprint density at radius 2 is 1.89 bits per heavy atom. The summed E-state index contributed by atoms with van der Waals surface area (Å²) in [4.78, 5) is 36.6. The van der Waals surface area contributed by atoms with Crippen molar-refractivity contribution in [2.45, 2.75) is 45.1 Å². The lowest BCUT2D eigenvalue weighted by atomic mass is 9.62. The molecule has 1 aromatic carbocycles. The van der Waals surface area contributed by atoms with Crippen LogP contribution in [0.3, 0.4) is 0 Å². The Kier molecular flexibility index (Phi) is 5.35. The van der Waals surface area contributed by atoms with Crippen molar-refractivity contribution >= 4 is 16.9 Å². The predicted octanol–water partition coefficient (Wildman–Crippen LogP) is 3.38. The first-order chi connectivity index (χ1) is 16.4. The van der Waals surface area contributed by atoms with Crippen LogP contribution in [0, 0.1) is 12.3 Å². The van der Waals surface area contributed by atoms with E-state index in [0.717, 1.165) is 6.07 Å². The normalized spacial score (nSPS) is 18.3. The quantitative estimate of drug-likeness (QED) is 0.583. The summed E-state index contributed by atoms with van der Waals surface area (Å²) >= 11 is 0. The summed E-state index contributed by atoms with van der Waals surface area (Å²) in [5.74, 6) is 0.283. The van der Waals surface area contributed by atoms with E-state index in [9.17, 15) is 27.9 Å². The van der Waals surface area contributed by atoms with Crippen LogP contribution in [-0.4, -0.2) is 50.1 Å². The van der Waals surface area contributed by atoms with Gasteiger partial charge in [0.15, 0.2) is 11.3 Å². The summed E-state index contributed by atoms with van der Waals surface area (Å²) in [5, 5.41) is 9.44. The number of pyridine rings is 1. The molecule has 0 radical (unpaired) electrons. The summed E-state index contributed by atoms with van der Waals surface area (Å²) in [7, 11) is 0. The molecule has 0 bridgehead atoms. The highest BCUT2D eigenvalue weighted by Gasteiger charge is 2.53. The van der Waals surface area contributed by atoms with E-state index in [4.69, 9.17) is 4.74 Å². The predicted molar refractivity (Wildman–Crippen MR) is 119 cm³/mol. The third kappa shape index (κ3) is 4.24. The highest BCUT2D eigenvalue weighted by molar-refractivity contribution is 5.95. The largest absolute Gasteiger partial charge is 0.486 e. The van der Waals surface area contributed by atoms with Gasteiger partial charge >= 0.3 is 6.18 Å². The van der Waals surface area contributed by atoms with Gasteiger partial charge in [-0.1, -0.05) is 0 Å². The minimum Gasteiger partial charge on any atom is -0.486 e. The average molecular weight is 488 g/mol. The number of hydrogen-bond acceptors (Lipinski definition) is 6. The highest BCUT2D eigenvalue weighted by Crippen LogP contribution is 2.48. The third-order valence-electron chi connectivity index (χ3n) is 6.64. The number of rotatable bonds is 4. The molecule has 1 spiro atoms. The van der Waals surface area contributed by atoms with E-state index in [1.807, 2.05) is 0 Å². The van der Waals surface area contributed by atoms with Crippen LogP contribution in [0.2, 0.25) is 0 Å². The Morgan fingerprint density at radius 1 is 1.23 bits per heavy atom. The van der Waals surface area contributed by atoms with Crippen LogP contribution >= 0.6 is 0 Å². The highest BCUT2D eigenvalue weighted by atomic mass is 19.4. The second-order valence-electron chi connectivity index (χ2n) is 9.45. The fourth-order valence-electron chi connectivity index (χ4n) is 4.96. The van der Waals surface area contributed by atoms with Crippen molar-refractivity contribution in [2.75, 3.05) is 13.1 Å². The van der Waals surface area contributed by atoms with Crippen LogP contribution in [0.15, 0.2) is 35.1 Å². The number of aliphatic hydroxyl groups excluding tert-OH is 1. The van der Waals surface area contributed by atoms with Crippen LogP contribution in [0.1, 0.15) is 53.3 Å². The van der Waals surface area contributed by atoms with E-state index in [1.54, 1.807) is 17.0 Å². The molecule has 2 aliphatic rings. The lowest BCUT2D eigenvalue weighted by Crippen LogP contribution is -2.64. The number of carbonyl (C=O) groups excluding carboxylic acids is 1. The van der Waals surface area contributed by atoms with Gasteiger partial charge in [0.1, 0.15) is 17.7 Å². The summed E-state index contributed by atoms with van der Waals surface area (Å²) in [6, 6.07) is 7.27. The number of benzene rings is 1. The van der Waals surface area contributed by atoms with E-state index in [-0.39, 0.29) is 45.6 Å². The van der Waals surface area contributed by atoms with Crippen molar-refractivity contribution in [1.29, 1.82) is 0 Å². The molecule has 1 saturated heterocycles. The number of amides is 1. The third-order valence-corrected chi connectivity index (χ3v) is 6.64. The topological polar surface area (TPSA) is 108 Å². The van der Waals surface area contributed by atoms with Gasteiger partial charge in [-0.05, 0) is 57.0 Å². The fraction of sp³-hybridized carbons (Fsp3) is 0.417. The number of aromatic nitrogens is 3. The minimum absolute atomic E-state index is 0.0492. The van der Waals surface area contributed by atoms with Crippen molar-refractivity contribution < 1.29 is 27.8 Å². The molecule has 1 aliphatic carbocycles. The molecule has 2 N–H and O–H groups in total. The van der Waals surface area contributed by atoms with Gasteiger partial charge in [0.2, 0.25) is 0 Å². The maximum absolute atomic E-state index is 13.8. The first-order valence-electron chi connectivity index (χ1n) is 11.2. The smallest absolute Gasteiger partial charge is 0.433 e. The molecule has 35 heavy (non-hydrogen) atoms. The second-order valence-corrected chi connectivity index (χ2v) is 9.45. The Balaban J connectivity index is 1.35. The average Bonchev–Trinajstić information content (AvgIpc) is 2.73. The number of carbonyl (C=O) groups is 1. The first kappa shape index (κ1) is 23.3. The van der Waals surface area contributed by atoms with Gasteiger partial charge in [0, 0.05) is 29.6 Å². The van der Waals surface area contributed by atoms with Crippen LogP contribution in [-0.2, 0) is 6.18 Å². The lowest BCUT2D eigenvalue weighted by Gasteiger charge is -2.57. The van der Waals surface area contributed by atoms with Gasteiger partial charge in [-0.3, -0.25) is 9.59 Å². The number of H-pyrrole nitrogens is 1. The Labute approximate surface area is 197 Å². The van der Waals surface area contributed by atoms with Gasteiger partial charge < -0.3 is 19.7 Å². The molecule has 2 aromatic heterocycles. The van der Waals surface area contributed by atoms with Gasteiger partial charge in [0.25, 0.3) is 11.5 Å². The van der Waals surface area contributed by atoms with E-state index in [1.165, 1.54) is 26.0 Å². The maximum atomic E-state index is 13.8. The molecule has 1 aliphatic heterocycles. The number of hydrogen-bond donors (Lipinski definition) is 2. The zero-order valence-electron chi connectivity index (χ0n) is 19.0. The number of nitrogens with one attached hydrogen (secondary N) is 1. The van der Waals surface area contributed by atoms with E-state index >= 15 is 0 Å². The second kappa shape index (κ2) is 8.04. The lowest BCUT2D eigenvalue weighted by molar-refractivity contribution is -0.142. The molecule has 11 heteroatoms. The molecule has 1 atom stereocenters. The number of fused-ring (bicyclic) bond motifs is 1. The van der Waals surface area contributed by atoms with Crippen LogP contribution in [0.4, 0.5) is 13.2 Å². The number of ether oxygens (including phenoxy) is 1. The van der Waals surface area contributed by atoms with E-state index < -0.39 is 23.5 Å². The zero-order chi connectivity index (χ0) is 25.1. The Hall–Kier alpha value is -3.47. The van der Waals surface area contributed by atoms with Gasteiger partial charge in [-0.2, -0.15) is 13.2 Å². The molecular formula is C24H23F3N4O4. The summed E-state index contributed by atoms with van der Waals surface area (Å²) in [5.41, 5.74) is -1.86. The fourth-order valence-corrected chi connectivity index (χ4v) is 4.96. The van der Waals surface area contributed by atoms with Crippen LogP contribution in [0.5, 0.6) is 5.75 Å². The molecule has 184 valence electrons. The first-order valence-corrected chi connectivity index (χ1v) is 11.2. The minimum atomic E-state index is -4.78. The molecule has 1 amide bonds. The van der Waals surface area contributed by atoms with Gasteiger partial charge in [-0.15, -0.1) is 0 Å². The Bertz CT molecular complexity index is 1360. The molecule has 3 heterocycles. The number of aryl methyl sites for hydroxylation is 1. The molecule has 8 nitrogen and oxygen atoms in total. The molecule has 5 rings (SSSR count). The zero-order valence-corrected chi connectivity index (χ0v) is 19.0. The summed E-state index contributed by atoms with van der Waals surface area (Å²) in [6.07, 6.45) is -4.72. The molecule has 1 saturated carbocycles. The molecule has 2 fully saturated rings. The molecule has 3 aromatic rings. The van der Waals surface area contributed by atoms with Gasteiger partial charge in [-0.25, -0.2) is 9.97 Å². The number of aliphatic hydroxyl groups is 1. The standard InChI is InChI=1S/C24H23F3N4O4/c1-12(17-7-18-20(28-13(2)29-21(18)33)30-19(17)24(25,26)27)35-16-5-3-14(4-6-16)22(34)31-10-23(11-31)8-15(32)9-23/h3-7,12,15,32H,8-11H2,1-2H3,(H,28,29,30,33)/t12-/m0/s1. The van der Waals surface area contributed by atoms with Crippen molar-refractivity contribution in [3.05, 3.63) is 63.3 Å². The monoisotopic (exact) mass is 488 g/mol. The summed E-state index contributed by atoms with van der Waals surface area (Å²) in [6.45, 7) is 4.11. The summed E-state index contributed by atoms with van der Waals surface area (Å²) < 4.78 is 47.0. The van der Waals surface area contributed by atoms with Crippen molar-refractivity contribution in [2.24, 2.45) is 5.41 Å². The van der Waals surface area contributed by atoms with Crippen LogP contribution in [0.25, 0.3) is 11.0 Å². The van der Waals surface area contributed by atoms with Crippen LogP contribution < -0.4 is 10.3 Å². The SMILES string of the molecule is Cc1nc2nc(C(F)(F)F)c([C@H](C)Oc3ccc(C(=O)N4CC5(CC(O)C5)C4)cc3)cc2c(=O)[nH]1. The number of likely N-dealkylation sites (tertiary alicyclic amines) is 1. The Morgan fingerprint density at radius 3 is 2.49 bits per heavy atom. The number of nitrogens with zero attached hydrogens (tertiary/aromatic N) is 3. The van der Waals surface area contributed by atoms with Crippen molar-refractivity contribution in [3.63, 3.8) is 0 Å². The van der Waals surface area contributed by atoms with E-state index in [2.05, 4.69) is 15.0 Å². The number of aromatic amines is 1. The maximum Gasteiger partial charge on any atom is 0.433 e. The van der Waals surface area contributed by atoms with Crippen molar-refractivity contribution in [1.82, 2.24) is 19.9 Å². The van der Waals surface area contributed by atoms with Gasteiger partial charge in [0.05, 0.1) is 11.5 Å². The molecular weight excluding hydrogens is 465 g/mol. The molecule has 0 unspecified atom stereocenters. The number of alkyl halides is 3. The van der Waals surface area contributed by atoms with Crippen molar-refractivity contribution in [3.8, 4) is 5.75 Å². The van der Waals surface area contributed by atoms with E-state index in [0.29, 0.717) is 31.5 Å². The number of halogens is 3.